The Bertz CT molecular complexity index is 737. The number of halogens is 2. The summed E-state index contributed by atoms with van der Waals surface area (Å²) in [5.74, 6) is 3.04. The number of unbranched alkanes of at least 4 members (excludes halogenated alkanes) is 4. The molecule has 0 spiro atoms. The zero-order valence-electron chi connectivity index (χ0n) is 29.7. The highest BCUT2D eigenvalue weighted by molar-refractivity contribution is 5.26. The van der Waals surface area contributed by atoms with Crippen molar-refractivity contribution in [1.29, 1.82) is 0 Å². The van der Waals surface area contributed by atoms with Gasteiger partial charge in [-0.25, -0.2) is 8.78 Å². The van der Waals surface area contributed by atoms with Crippen LogP contribution in [0.1, 0.15) is 152 Å². The lowest BCUT2D eigenvalue weighted by Gasteiger charge is -2.19. The summed E-state index contributed by atoms with van der Waals surface area (Å²) < 4.78 is 19.2. The van der Waals surface area contributed by atoms with Crippen LogP contribution in [0.15, 0.2) is 72.4 Å². The Hall–Kier alpha value is -1.70. The molecule has 2 unspecified atom stereocenters. The Morgan fingerprint density at radius 2 is 1.43 bits per heavy atom. The van der Waals surface area contributed by atoms with Crippen LogP contribution < -0.4 is 0 Å². The first-order valence-corrected chi connectivity index (χ1v) is 17.0. The first-order chi connectivity index (χ1) is 19.9. The lowest BCUT2D eigenvalue weighted by molar-refractivity contribution is 0.295. The monoisotopic (exact) mass is 591 g/mol. The molecule has 0 nitrogen and oxygen atoms in total. The third kappa shape index (κ3) is 31.2. The molecule has 0 saturated heterocycles. The van der Waals surface area contributed by atoms with E-state index in [-0.39, 0.29) is 0 Å². The summed E-state index contributed by atoms with van der Waals surface area (Å²) in [6.07, 6.45) is 28.8. The Morgan fingerprint density at radius 3 is 1.93 bits per heavy atom. The fourth-order valence-electron chi connectivity index (χ4n) is 5.28. The molecule has 0 amide bonds. The van der Waals surface area contributed by atoms with Gasteiger partial charge < -0.3 is 0 Å². The summed E-state index contributed by atoms with van der Waals surface area (Å²) in [5.41, 5.74) is 5.59. The Balaban J connectivity index is -0.000000679. The predicted molar refractivity (Wildman–Crippen MR) is 191 cm³/mol. The molecular formula is C40H72F2. The van der Waals surface area contributed by atoms with Crippen LogP contribution in [0.4, 0.5) is 8.78 Å². The van der Waals surface area contributed by atoms with Gasteiger partial charge in [0.2, 0.25) is 6.93 Å². The molecule has 0 saturated carbocycles. The average molecular weight is 591 g/mol. The van der Waals surface area contributed by atoms with E-state index < -0.39 is 6.93 Å². The molecule has 0 N–H and O–H groups in total. The van der Waals surface area contributed by atoms with E-state index >= 15 is 0 Å². The fraction of sp³-hybridized carbons (Fsp3) is 0.700. The van der Waals surface area contributed by atoms with Gasteiger partial charge in [-0.05, 0) is 82.5 Å². The molecule has 0 aliphatic rings. The van der Waals surface area contributed by atoms with E-state index in [1.54, 1.807) is 5.57 Å². The first kappa shape index (κ1) is 44.7. The maximum Gasteiger partial charge on any atom is 0.229 e. The lowest BCUT2D eigenvalue weighted by Crippen LogP contribution is -2.06. The van der Waals surface area contributed by atoms with Crippen molar-refractivity contribution in [1.82, 2.24) is 0 Å². The van der Waals surface area contributed by atoms with Gasteiger partial charge in [-0.3, -0.25) is 0 Å². The molecule has 0 aromatic rings. The highest BCUT2D eigenvalue weighted by atomic mass is 19.3. The van der Waals surface area contributed by atoms with Crippen molar-refractivity contribution < 1.29 is 8.78 Å². The molecule has 0 radical (unpaired) electrons. The van der Waals surface area contributed by atoms with Gasteiger partial charge in [0.15, 0.2) is 0 Å². The molecule has 246 valence electrons. The molecule has 0 rings (SSSR count). The summed E-state index contributed by atoms with van der Waals surface area (Å²) >= 11 is 0. The van der Waals surface area contributed by atoms with Crippen LogP contribution in [0.3, 0.4) is 0 Å². The van der Waals surface area contributed by atoms with Crippen LogP contribution in [-0.4, -0.2) is 6.93 Å². The number of hydrogen-bond donors (Lipinski definition) is 0. The van der Waals surface area contributed by atoms with Crippen molar-refractivity contribution in [3.8, 4) is 0 Å². The highest BCUT2D eigenvalue weighted by Crippen LogP contribution is 2.26. The minimum absolute atomic E-state index is 0.618. The zero-order valence-corrected chi connectivity index (χ0v) is 29.7. The second kappa shape index (κ2) is 32.2. The molecule has 3 atom stereocenters. The molecule has 0 fully saturated rings. The van der Waals surface area contributed by atoms with Crippen molar-refractivity contribution in [3.05, 3.63) is 72.4 Å². The van der Waals surface area contributed by atoms with Crippen LogP contribution in [0, 0.1) is 23.7 Å². The number of rotatable bonds is 22. The van der Waals surface area contributed by atoms with E-state index in [1.165, 1.54) is 93.8 Å². The van der Waals surface area contributed by atoms with Crippen LogP contribution in [0.5, 0.6) is 0 Å². The maximum atomic E-state index is 9.62. The van der Waals surface area contributed by atoms with Gasteiger partial charge in [-0.1, -0.05) is 166 Å². The second-order valence-electron chi connectivity index (χ2n) is 12.6. The summed E-state index contributed by atoms with van der Waals surface area (Å²) in [7, 11) is 0. The van der Waals surface area contributed by atoms with E-state index in [1.807, 2.05) is 12.2 Å². The SMILES string of the molecule is C=C(CCC(C)C/C(=C\C)CCCCCC)/C(C)=C/C(C)C.C=C/C=C\C(=C)C[C@@H](C)CC(CC)CCCC.FCF. The van der Waals surface area contributed by atoms with Gasteiger partial charge in [-0.15, -0.1) is 0 Å². The Kier molecular flexibility index (Phi) is 34.3. The summed E-state index contributed by atoms with van der Waals surface area (Å²) in [5, 5.41) is 0. The number of allylic oxidation sites excluding steroid dienone is 9. The first-order valence-electron chi connectivity index (χ1n) is 17.0. The van der Waals surface area contributed by atoms with Gasteiger partial charge in [-0.2, -0.15) is 0 Å². The van der Waals surface area contributed by atoms with Crippen LogP contribution in [0.2, 0.25) is 0 Å². The number of alkyl halides is 2. The molecular weight excluding hydrogens is 518 g/mol. The standard InChI is InChI=1S/C22H40.C17H30.CH2F2/c1-8-10-11-12-13-22(9-2)17-19(5)14-15-20(6)21(7)16-18(3)4;1-6-9-11-15(4)13-16(5)14-17(8-3)12-10-7-2;2-1-3/h9,16,18-19H,6,8,10-15,17H2,1-5,7H3;6,9,11,16-17H,1,4,7-8,10,12-14H2,2-3,5H3;1H2/b21-16+,22-9-;11-9-;/t;16-,17?;/m.1./s1. The highest BCUT2D eigenvalue weighted by Gasteiger charge is 2.12. The Morgan fingerprint density at radius 1 is 0.810 bits per heavy atom. The van der Waals surface area contributed by atoms with Gasteiger partial charge in [0, 0.05) is 0 Å². The number of hydrogen-bond acceptors (Lipinski definition) is 0. The van der Waals surface area contributed by atoms with Crippen LogP contribution in [-0.2, 0) is 0 Å². The summed E-state index contributed by atoms with van der Waals surface area (Å²) in [4.78, 5) is 0. The summed E-state index contributed by atoms with van der Waals surface area (Å²) in [6.45, 7) is 30.8. The zero-order chi connectivity index (χ0) is 32.8. The molecule has 0 bridgehead atoms. The van der Waals surface area contributed by atoms with E-state index in [0.717, 1.165) is 30.6 Å². The van der Waals surface area contributed by atoms with E-state index in [9.17, 15) is 8.78 Å². The second-order valence-corrected chi connectivity index (χ2v) is 12.6. The largest absolute Gasteiger partial charge is 0.229 e. The molecule has 0 aromatic carbocycles. The third-order valence-electron chi connectivity index (χ3n) is 7.81. The van der Waals surface area contributed by atoms with Gasteiger partial charge in [0.1, 0.15) is 0 Å². The summed E-state index contributed by atoms with van der Waals surface area (Å²) in [6, 6.07) is 0. The molecule has 0 heterocycles. The molecule has 0 aliphatic carbocycles. The quantitative estimate of drug-likeness (QED) is 0.0668. The molecule has 42 heavy (non-hydrogen) atoms. The lowest BCUT2D eigenvalue weighted by atomic mass is 9.86. The van der Waals surface area contributed by atoms with Crippen molar-refractivity contribution in [2.24, 2.45) is 23.7 Å². The van der Waals surface area contributed by atoms with Crippen LogP contribution >= 0.6 is 0 Å². The van der Waals surface area contributed by atoms with Gasteiger partial charge >= 0.3 is 0 Å². The third-order valence-corrected chi connectivity index (χ3v) is 7.81. The minimum Gasteiger partial charge on any atom is -0.214 e. The smallest absolute Gasteiger partial charge is 0.214 e. The van der Waals surface area contributed by atoms with E-state index in [0.29, 0.717) is 5.92 Å². The average Bonchev–Trinajstić information content (AvgIpc) is 2.94. The maximum absolute atomic E-state index is 9.62. The Labute approximate surface area is 263 Å². The molecule has 0 aromatic heterocycles. The minimum atomic E-state index is -1.75. The van der Waals surface area contributed by atoms with Crippen molar-refractivity contribution in [3.63, 3.8) is 0 Å². The van der Waals surface area contributed by atoms with Crippen molar-refractivity contribution in [2.45, 2.75) is 152 Å². The molecule has 0 aliphatic heterocycles. The fourth-order valence-corrected chi connectivity index (χ4v) is 5.28. The van der Waals surface area contributed by atoms with E-state index in [2.05, 4.69) is 100 Å². The van der Waals surface area contributed by atoms with Crippen molar-refractivity contribution in [2.75, 3.05) is 6.93 Å². The van der Waals surface area contributed by atoms with Gasteiger partial charge in [0.25, 0.3) is 0 Å². The topological polar surface area (TPSA) is 0 Å². The molecule has 2 heteroatoms. The van der Waals surface area contributed by atoms with Gasteiger partial charge in [0.05, 0.1) is 0 Å². The van der Waals surface area contributed by atoms with Crippen molar-refractivity contribution >= 4 is 0 Å². The normalized spacial score (nSPS) is 14.0. The van der Waals surface area contributed by atoms with Crippen LogP contribution in [0.25, 0.3) is 0 Å². The predicted octanol–water partition coefficient (Wildman–Crippen LogP) is 14.7. The van der Waals surface area contributed by atoms with E-state index in [4.69, 9.17) is 0 Å².